The largest absolute Gasteiger partial charge is 0.384 e. The number of ether oxygens (including phenoxy) is 1. The van der Waals surface area contributed by atoms with Crippen molar-refractivity contribution in [2.45, 2.75) is 6.54 Å². The summed E-state index contributed by atoms with van der Waals surface area (Å²) < 4.78 is 30.6. The smallest absolute Gasteiger partial charge is 0.216 e. The number of hydrogen-bond donors (Lipinski definition) is 0. The van der Waals surface area contributed by atoms with Crippen molar-refractivity contribution < 1.29 is 13.2 Å². The molecule has 0 bridgehead atoms. The third kappa shape index (κ3) is 4.14. The van der Waals surface area contributed by atoms with Crippen LogP contribution in [0.15, 0.2) is 15.2 Å². The average Bonchev–Trinajstić information content (AvgIpc) is 2.61. The van der Waals surface area contributed by atoms with Crippen LogP contribution in [-0.4, -0.2) is 39.2 Å². The lowest BCUT2D eigenvalue weighted by Gasteiger charge is -2.15. The van der Waals surface area contributed by atoms with Gasteiger partial charge in [-0.05, 0) is 32.9 Å². The van der Waals surface area contributed by atoms with Gasteiger partial charge in [-0.15, -0.1) is 11.3 Å². The van der Waals surface area contributed by atoms with E-state index in [4.69, 9.17) is 4.74 Å². The molecule has 0 unspecified atom stereocenters. The average molecular weight is 328 g/mol. The third-order valence-electron chi connectivity index (χ3n) is 2.05. The Morgan fingerprint density at radius 1 is 1.56 bits per heavy atom. The van der Waals surface area contributed by atoms with E-state index in [0.717, 1.165) is 9.35 Å². The van der Waals surface area contributed by atoms with Gasteiger partial charge in [0.15, 0.2) is 0 Å². The van der Waals surface area contributed by atoms with Crippen molar-refractivity contribution in [3.8, 4) is 0 Å². The Kier molecular flexibility index (Phi) is 5.39. The summed E-state index contributed by atoms with van der Waals surface area (Å²) in [5, 5.41) is 1.94. The molecule has 0 saturated heterocycles. The zero-order valence-corrected chi connectivity index (χ0v) is 12.4. The molecule has 0 spiro atoms. The molecule has 0 saturated carbocycles. The molecule has 16 heavy (non-hydrogen) atoms. The van der Waals surface area contributed by atoms with Crippen LogP contribution in [0, 0.1) is 0 Å². The zero-order chi connectivity index (χ0) is 12.2. The van der Waals surface area contributed by atoms with Crippen molar-refractivity contribution in [3.05, 3.63) is 20.8 Å². The summed E-state index contributed by atoms with van der Waals surface area (Å²) in [6.07, 6.45) is 0. The Hall–Kier alpha value is 0.0500. The third-order valence-corrected chi connectivity index (χ3v) is 5.36. The van der Waals surface area contributed by atoms with Gasteiger partial charge in [0, 0.05) is 20.7 Å². The monoisotopic (exact) mass is 327 g/mol. The Balaban J connectivity index is 2.61. The molecule has 0 aromatic carbocycles. The van der Waals surface area contributed by atoms with Crippen LogP contribution in [0.5, 0.6) is 0 Å². The summed E-state index contributed by atoms with van der Waals surface area (Å²) in [5.41, 5.74) is 0.986. The molecule has 4 nitrogen and oxygen atoms in total. The number of halogens is 1. The quantitative estimate of drug-likeness (QED) is 0.801. The minimum atomic E-state index is -3.21. The second-order valence-electron chi connectivity index (χ2n) is 3.32. The van der Waals surface area contributed by atoms with E-state index in [0.29, 0.717) is 6.54 Å². The fourth-order valence-electron chi connectivity index (χ4n) is 1.13. The van der Waals surface area contributed by atoms with E-state index in [9.17, 15) is 8.42 Å². The Morgan fingerprint density at radius 3 is 2.75 bits per heavy atom. The van der Waals surface area contributed by atoms with E-state index in [2.05, 4.69) is 15.9 Å². The lowest BCUT2D eigenvalue weighted by molar-refractivity contribution is 0.215. The van der Waals surface area contributed by atoms with Gasteiger partial charge in [-0.2, -0.15) is 0 Å². The summed E-state index contributed by atoms with van der Waals surface area (Å²) >= 11 is 4.89. The van der Waals surface area contributed by atoms with E-state index in [-0.39, 0.29) is 12.4 Å². The molecule has 1 aromatic rings. The summed E-state index contributed by atoms with van der Waals surface area (Å²) in [6.45, 7) is 0.619. The van der Waals surface area contributed by atoms with Gasteiger partial charge in [0.25, 0.3) is 0 Å². The maximum atomic E-state index is 11.7. The first-order valence-corrected chi connectivity index (χ1v) is 7.90. The lowest BCUT2D eigenvalue weighted by Crippen LogP contribution is -2.30. The lowest BCUT2D eigenvalue weighted by atomic mass is 10.3. The van der Waals surface area contributed by atoms with Gasteiger partial charge >= 0.3 is 0 Å². The van der Waals surface area contributed by atoms with E-state index >= 15 is 0 Å². The molecule has 0 atom stereocenters. The Labute approximate surface area is 108 Å². The van der Waals surface area contributed by atoms with E-state index in [1.165, 1.54) is 11.4 Å². The fraction of sp³-hybridized carbons (Fsp3) is 0.556. The van der Waals surface area contributed by atoms with Gasteiger partial charge in [0.1, 0.15) is 0 Å². The van der Waals surface area contributed by atoms with E-state index in [1.54, 1.807) is 18.4 Å². The maximum Gasteiger partial charge on any atom is 0.216 e. The van der Waals surface area contributed by atoms with Crippen LogP contribution >= 0.6 is 27.3 Å². The summed E-state index contributed by atoms with van der Waals surface area (Å²) in [4.78, 5) is 0. The first-order chi connectivity index (χ1) is 7.45. The van der Waals surface area contributed by atoms with Crippen LogP contribution in [0.4, 0.5) is 0 Å². The highest BCUT2D eigenvalue weighted by molar-refractivity contribution is 9.11. The summed E-state index contributed by atoms with van der Waals surface area (Å²) in [7, 11) is -0.142. The highest BCUT2D eigenvalue weighted by Gasteiger charge is 2.17. The molecule has 0 amide bonds. The van der Waals surface area contributed by atoms with Gasteiger partial charge < -0.3 is 4.74 Å². The van der Waals surface area contributed by atoms with Gasteiger partial charge in [0.2, 0.25) is 10.0 Å². The van der Waals surface area contributed by atoms with Crippen LogP contribution < -0.4 is 0 Å². The zero-order valence-electron chi connectivity index (χ0n) is 9.14. The highest BCUT2D eigenvalue weighted by atomic mass is 79.9. The SMILES string of the molecule is COCCS(=O)(=O)N(C)Cc1csc(Br)c1. The number of nitrogens with zero attached hydrogens (tertiary/aromatic N) is 1. The Bertz CT molecular complexity index is 430. The molecule has 7 heteroatoms. The molecule has 0 aliphatic heterocycles. The van der Waals surface area contributed by atoms with E-state index < -0.39 is 10.0 Å². The number of sulfonamides is 1. The predicted molar refractivity (Wildman–Crippen MR) is 69.1 cm³/mol. The van der Waals surface area contributed by atoms with Crippen molar-refractivity contribution in [1.29, 1.82) is 0 Å². The first kappa shape index (κ1) is 14.1. The molecule has 1 rings (SSSR count). The number of hydrogen-bond acceptors (Lipinski definition) is 4. The molecule has 0 N–H and O–H groups in total. The second kappa shape index (κ2) is 6.11. The molecule has 0 aliphatic rings. The molecule has 1 heterocycles. The van der Waals surface area contributed by atoms with Crippen LogP contribution in [0.25, 0.3) is 0 Å². The minimum Gasteiger partial charge on any atom is -0.384 e. The second-order valence-corrected chi connectivity index (χ2v) is 7.81. The fourth-order valence-corrected chi connectivity index (χ4v) is 3.36. The topological polar surface area (TPSA) is 46.6 Å². The standard InChI is InChI=1S/C9H14BrNO3S2/c1-11(16(12,13)4-3-14-2)6-8-5-9(10)15-7-8/h5,7H,3-4,6H2,1-2H3. The minimum absolute atomic E-state index is 0.0192. The van der Waals surface area contributed by atoms with Gasteiger partial charge in [-0.1, -0.05) is 0 Å². The summed E-state index contributed by atoms with van der Waals surface area (Å²) in [5.74, 6) is 0.0192. The predicted octanol–water partition coefficient (Wildman–Crippen LogP) is 1.92. The van der Waals surface area contributed by atoms with Crippen LogP contribution in [-0.2, 0) is 21.3 Å². The van der Waals surface area contributed by atoms with Crippen molar-refractivity contribution in [3.63, 3.8) is 0 Å². The number of rotatable bonds is 6. The molecule has 0 radical (unpaired) electrons. The number of thiophene rings is 1. The van der Waals surface area contributed by atoms with Crippen molar-refractivity contribution in [1.82, 2.24) is 4.31 Å². The van der Waals surface area contributed by atoms with Crippen LogP contribution in [0.1, 0.15) is 5.56 Å². The number of methoxy groups -OCH3 is 1. The normalized spacial score (nSPS) is 12.2. The maximum absolute atomic E-state index is 11.7. The van der Waals surface area contributed by atoms with Gasteiger partial charge in [-0.3, -0.25) is 0 Å². The molecular formula is C9H14BrNO3S2. The van der Waals surface area contributed by atoms with Crippen molar-refractivity contribution >= 4 is 37.3 Å². The Morgan fingerprint density at radius 2 is 2.25 bits per heavy atom. The van der Waals surface area contributed by atoms with Crippen LogP contribution in [0.3, 0.4) is 0 Å². The molecule has 0 aliphatic carbocycles. The molecule has 0 fully saturated rings. The van der Waals surface area contributed by atoms with Crippen molar-refractivity contribution in [2.75, 3.05) is 26.5 Å². The summed E-state index contributed by atoms with van der Waals surface area (Å²) in [6, 6.07) is 1.92. The molecule has 1 aromatic heterocycles. The molecule has 92 valence electrons. The van der Waals surface area contributed by atoms with Gasteiger partial charge in [-0.25, -0.2) is 12.7 Å². The molecular weight excluding hydrogens is 314 g/mol. The highest BCUT2D eigenvalue weighted by Crippen LogP contribution is 2.22. The van der Waals surface area contributed by atoms with Crippen LogP contribution in [0.2, 0.25) is 0 Å². The first-order valence-electron chi connectivity index (χ1n) is 4.61. The van der Waals surface area contributed by atoms with E-state index in [1.807, 2.05) is 11.4 Å². The van der Waals surface area contributed by atoms with Crippen molar-refractivity contribution in [2.24, 2.45) is 0 Å². The van der Waals surface area contributed by atoms with Gasteiger partial charge in [0.05, 0.1) is 16.1 Å².